The fourth-order valence-corrected chi connectivity index (χ4v) is 7.09. The SMILES string of the molecule is NCCCN1C(=O)N(CCCN)C(=O)C(Cc2cc(Br)cc(Br)c2)(Cc2cc(Br)cc(Br)c2)C1=O. The maximum atomic E-state index is 14.1. The zero-order chi connectivity index (χ0) is 25.8. The molecule has 1 fully saturated rings. The molecule has 4 amide bonds. The predicted octanol–water partition coefficient (Wildman–Crippen LogP) is 5.00. The summed E-state index contributed by atoms with van der Waals surface area (Å²) >= 11 is 14.0. The maximum absolute atomic E-state index is 14.1. The van der Waals surface area contributed by atoms with Crippen molar-refractivity contribution in [2.45, 2.75) is 25.7 Å². The van der Waals surface area contributed by atoms with Gasteiger partial charge in [0.2, 0.25) is 11.8 Å². The second-order valence-corrected chi connectivity index (χ2v) is 12.1. The average molecular weight is 738 g/mol. The van der Waals surface area contributed by atoms with E-state index in [-0.39, 0.29) is 25.9 Å². The van der Waals surface area contributed by atoms with Crippen LogP contribution in [0.25, 0.3) is 0 Å². The summed E-state index contributed by atoms with van der Waals surface area (Å²) in [6.45, 7) is 0.926. The van der Waals surface area contributed by atoms with Crippen molar-refractivity contribution in [3.63, 3.8) is 0 Å². The van der Waals surface area contributed by atoms with E-state index in [0.717, 1.165) is 29.0 Å². The lowest BCUT2D eigenvalue weighted by Crippen LogP contribution is -2.67. The largest absolute Gasteiger partial charge is 0.333 e. The van der Waals surface area contributed by atoms with Crippen LogP contribution in [0.5, 0.6) is 0 Å². The number of hydrogen-bond donors (Lipinski definition) is 2. The molecular formula is C24H26Br4N4O3. The number of carbonyl (C=O) groups is 3. The zero-order valence-corrected chi connectivity index (χ0v) is 25.3. The van der Waals surface area contributed by atoms with Gasteiger partial charge in [0.25, 0.3) is 0 Å². The van der Waals surface area contributed by atoms with Crippen LogP contribution in [-0.2, 0) is 22.4 Å². The van der Waals surface area contributed by atoms with Gasteiger partial charge in [-0.2, -0.15) is 0 Å². The van der Waals surface area contributed by atoms with Crippen molar-refractivity contribution in [3.05, 3.63) is 65.4 Å². The number of carbonyl (C=O) groups excluding carboxylic acids is 3. The number of halogens is 4. The Morgan fingerprint density at radius 3 is 1.29 bits per heavy atom. The summed E-state index contributed by atoms with van der Waals surface area (Å²) in [6, 6.07) is 10.7. The van der Waals surface area contributed by atoms with Crippen LogP contribution in [0.15, 0.2) is 54.3 Å². The van der Waals surface area contributed by atoms with Crippen molar-refractivity contribution in [1.29, 1.82) is 0 Å². The van der Waals surface area contributed by atoms with Gasteiger partial charge < -0.3 is 11.5 Å². The summed E-state index contributed by atoms with van der Waals surface area (Å²) in [4.78, 5) is 43.8. The topological polar surface area (TPSA) is 110 Å². The third-order valence-corrected chi connectivity index (χ3v) is 7.63. The average Bonchev–Trinajstić information content (AvgIpc) is 2.76. The molecule has 35 heavy (non-hydrogen) atoms. The van der Waals surface area contributed by atoms with E-state index in [0.29, 0.717) is 25.9 Å². The number of imide groups is 2. The highest BCUT2D eigenvalue weighted by Crippen LogP contribution is 2.39. The van der Waals surface area contributed by atoms with Crippen molar-refractivity contribution >= 4 is 81.6 Å². The first-order valence-electron chi connectivity index (χ1n) is 11.1. The molecule has 0 aromatic heterocycles. The van der Waals surface area contributed by atoms with Gasteiger partial charge in [-0.05, 0) is 86.3 Å². The van der Waals surface area contributed by atoms with Gasteiger partial charge in [-0.1, -0.05) is 63.7 Å². The van der Waals surface area contributed by atoms with Gasteiger partial charge in [0.05, 0.1) is 0 Å². The molecule has 0 spiro atoms. The summed E-state index contributed by atoms with van der Waals surface area (Å²) < 4.78 is 3.26. The number of hydrogen-bond acceptors (Lipinski definition) is 5. The third-order valence-electron chi connectivity index (χ3n) is 5.80. The second kappa shape index (κ2) is 12.4. The Morgan fingerprint density at radius 1 is 0.629 bits per heavy atom. The Balaban J connectivity index is 2.18. The highest BCUT2D eigenvalue weighted by molar-refractivity contribution is 9.11. The molecule has 11 heteroatoms. The van der Waals surface area contributed by atoms with Crippen LogP contribution in [0.3, 0.4) is 0 Å². The highest BCUT2D eigenvalue weighted by Gasteiger charge is 2.56. The molecule has 1 saturated heterocycles. The molecule has 4 N–H and O–H groups in total. The molecule has 188 valence electrons. The van der Waals surface area contributed by atoms with E-state index in [2.05, 4.69) is 63.7 Å². The molecule has 0 radical (unpaired) electrons. The summed E-state index contributed by atoms with van der Waals surface area (Å²) in [6.07, 6.45) is 1.13. The van der Waals surface area contributed by atoms with Crippen LogP contribution in [0, 0.1) is 5.41 Å². The molecule has 0 aliphatic carbocycles. The predicted molar refractivity (Wildman–Crippen MR) is 150 cm³/mol. The smallest absolute Gasteiger partial charge is 0.330 e. The molecule has 0 saturated carbocycles. The van der Waals surface area contributed by atoms with Gasteiger partial charge in [-0.25, -0.2) is 4.79 Å². The molecule has 1 aliphatic rings. The molecular weight excluding hydrogens is 712 g/mol. The minimum Gasteiger partial charge on any atom is -0.330 e. The van der Waals surface area contributed by atoms with Crippen LogP contribution >= 0.6 is 63.7 Å². The molecule has 7 nitrogen and oxygen atoms in total. The maximum Gasteiger partial charge on any atom is 0.333 e. The van der Waals surface area contributed by atoms with E-state index in [1.54, 1.807) is 0 Å². The first-order valence-corrected chi connectivity index (χ1v) is 14.3. The molecule has 0 atom stereocenters. The van der Waals surface area contributed by atoms with Crippen molar-refractivity contribution in [3.8, 4) is 0 Å². The number of amides is 4. The molecule has 1 heterocycles. The lowest BCUT2D eigenvalue weighted by Gasteiger charge is -2.44. The van der Waals surface area contributed by atoms with Crippen LogP contribution in [-0.4, -0.2) is 53.8 Å². The normalized spacial score (nSPS) is 15.8. The van der Waals surface area contributed by atoms with Crippen molar-refractivity contribution in [2.75, 3.05) is 26.2 Å². The fraction of sp³-hybridized carbons (Fsp3) is 0.375. The van der Waals surface area contributed by atoms with E-state index in [1.807, 2.05) is 36.4 Å². The Morgan fingerprint density at radius 2 is 0.971 bits per heavy atom. The number of urea groups is 1. The Bertz CT molecular complexity index is 1000. The molecule has 3 rings (SSSR count). The lowest BCUT2D eigenvalue weighted by atomic mass is 9.72. The monoisotopic (exact) mass is 734 g/mol. The first-order chi connectivity index (χ1) is 16.6. The second-order valence-electron chi connectivity index (χ2n) is 8.47. The van der Waals surface area contributed by atoms with Crippen LogP contribution < -0.4 is 11.5 Å². The van der Waals surface area contributed by atoms with Crippen molar-refractivity contribution in [1.82, 2.24) is 9.80 Å². The van der Waals surface area contributed by atoms with Gasteiger partial charge >= 0.3 is 6.03 Å². The zero-order valence-electron chi connectivity index (χ0n) is 18.9. The van der Waals surface area contributed by atoms with Crippen molar-refractivity contribution in [2.24, 2.45) is 16.9 Å². The molecule has 0 bridgehead atoms. The highest BCUT2D eigenvalue weighted by atomic mass is 79.9. The van der Waals surface area contributed by atoms with Crippen LogP contribution in [0.2, 0.25) is 0 Å². The minimum absolute atomic E-state index is 0.123. The number of benzene rings is 2. The number of nitrogens with two attached hydrogens (primary N) is 2. The summed E-state index contributed by atoms with van der Waals surface area (Å²) in [5, 5.41) is 0. The summed E-state index contributed by atoms with van der Waals surface area (Å²) in [7, 11) is 0. The van der Waals surface area contributed by atoms with Gasteiger partial charge in [-0.15, -0.1) is 0 Å². The van der Waals surface area contributed by atoms with E-state index in [4.69, 9.17) is 11.5 Å². The van der Waals surface area contributed by atoms with Gasteiger partial charge in [-0.3, -0.25) is 19.4 Å². The number of barbiturate groups is 1. The third kappa shape index (κ3) is 6.61. The van der Waals surface area contributed by atoms with Crippen LogP contribution in [0.1, 0.15) is 24.0 Å². The van der Waals surface area contributed by atoms with Gasteiger partial charge in [0, 0.05) is 31.0 Å². The summed E-state index contributed by atoms with van der Waals surface area (Å²) in [5.74, 6) is -1.01. The Hall–Kier alpha value is -1.11. The molecule has 1 aliphatic heterocycles. The van der Waals surface area contributed by atoms with E-state index in [9.17, 15) is 14.4 Å². The Labute approximate surface area is 238 Å². The van der Waals surface area contributed by atoms with E-state index < -0.39 is 23.3 Å². The number of rotatable bonds is 10. The Kier molecular flexibility index (Phi) is 10.1. The van der Waals surface area contributed by atoms with E-state index >= 15 is 0 Å². The van der Waals surface area contributed by atoms with Gasteiger partial charge in [0.15, 0.2) is 0 Å². The first kappa shape index (κ1) is 28.5. The number of nitrogens with zero attached hydrogens (tertiary/aromatic N) is 2. The molecule has 2 aromatic rings. The fourth-order valence-electron chi connectivity index (χ4n) is 4.31. The lowest BCUT2D eigenvalue weighted by molar-refractivity contribution is -0.159. The quantitative estimate of drug-likeness (QED) is 0.334. The minimum atomic E-state index is -1.52. The van der Waals surface area contributed by atoms with Crippen LogP contribution in [0.4, 0.5) is 4.79 Å². The summed E-state index contributed by atoms with van der Waals surface area (Å²) in [5.41, 5.74) is 11.4. The van der Waals surface area contributed by atoms with Gasteiger partial charge in [0.1, 0.15) is 5.41 Å². The standard InChI is InChI=1S/C24H26Br4N4O3/c25-17-7-15(8-18(26)11-17)13-24(14-16-9-19(27)12-20(28)10-16)21(33)31(5-1-3-29)23(35)32(22(24)34)6-2-4-30/h7-12H,1-6,13-14,29-30H2. The molecule has 2 aromatic carbocycles. The van der Waals surface area contributed by atoms with E-state index in [1.165, 1.54) is 9.80 Å². The molecule has 0 unspecified atom stereocenters. The van der Waals surface area contributed by atoms with Crippen molar-refractivity contribution < 1.29 is 14.4 Å².